The van der Waals surface area contributed by atoms with Crippen LogP contribution in [-0.2, 0) is 14.4 Å². The number of urea groups is 1. The molecule has 2 N–H and O–H groups in total. The van der Waals surface area contributed by atoms with Crippen LogP contribution in [0.1, 0.15) is 58.8 Å². The van der Waals surface area contributed by atoms with Crippen LogP contribution in [0.5, 0.6) is 0 Å². The summed E-state index contributed by atoms with van der Waals surface area (Å²) in [4.78, 5) is 51.6. The standard InChI is InChI=1S/C18H30N4O4/c1-3-18(4-2)16(25)22(17(26)20-18)13-14(23)19-10-9-15(24)21-11-7-5-6-8-12-21/h3-13H2,1-2H3,(H,19,23)(H,20,26). The lowest BCUT2D eigenvalue weighted by atomic mass is 9.93. The Bertz CT molecular complexity index is 551. The third-order valence-electron chi connectivity index (χ3n) is 5.37. The average Bonchev–Trinajstić information content (AvgIpc) is 2.83. The molecule has 2 fully saturated rings. The Balaban J connectivity index is 1.77. The van der Waals surface area contributed by atoms with E-state index in [0.29, 0.717) is 12.8 Å². The first kappa shape index (κ1) is 20.2. The van der Waals surface area contributed by atoms with Crippen LogP contribution in [0, 0.1) is 0 Å². The van der Waals surface area contributed by atoms with Gasteiger partial charge in [0.2, 0.25) is 11.8 Å². The normalized spacial score (nSPS) is 19.9. The maximum Gasteiger partial charge on any atom is 0.325 e. The molecule has 8 heteroatoms. The van der Waals surface area contributed by atoms with Gasteiger partial charge in [0.15, 0.2) is 0 Å². The Morgan fingerprint density at radius 1 is 1.08 bits per heavy atom. The van der Waals surface area contributed by atoms with Crippen molar-refractivity contribution < 1.29 is 19.2 Å². The molecule has 26 heavy (non-hydrogen) atoms. The summed E-state index contributed by atoms with van der Waals surface area (Å²) in [5.41, 5.74) is -0.903. The first-order chi connectivity index (χ1) is 12.4. The summed E-state index contributed by atoms with van der Waals surface area (Å²) in [6.07, 6.45) is 5.57. The second-order valence-electron chi connectivity index (χ2n) is 7.01. The fourth-order valence-electron chi connectivity index (χ4n) is 3.54. The van der Waals surface area contributed by atoms with E-state index in [-0.39, 0.29) is 31.3 Å². The molecule has 5 amide bonds. The fraction of sp³-hybridized carbons (Fsp3) is 0.778. The number of hydrogen-bond acceptors (Lipinski definition) is 4. The van der Waals surface area contributed by atoms with Crippen LogP contribution in [0.25, 0.3) is 0 Å². The third kappa shape index (κ3) is 4.53. The van der Waals surface area contributed by atoms with E-state index < -0.39 is 17.5 Å². The Hall–Kier alpha value is -2.12. The quantitative estimate of drug-likeness (QED) is 0.657. The molecule has 0 radical (unpaired) electrons. The first-order valence-corrected chi connectivity index (χ1v) is 9.62. The van der Waals surface area contributed by atoms with Crippen molar-refractivity contribution in [1.29, 1.82) is 0 Å². The molecule has 146 valence electrons. The van der Waals surface area contributed by atoms with E-state index in [4.69, 9.17) is 0 Å². The zero-order valence-electron chi connectivity index (χ0n) is 15.8. The topological polar surface area (TPSA) is 98.8 Å². The minimum atomic E-state index is -0.903. The SMILES string of the molecule is CCC1(CC)NC(=O)N(CC(=O)NCCC(=O)N2CCCCCC2)C1=O. The molecule has 2 rings (SSSR count). The van der Waals surface area contributed by atoms with E-state index in [0.717, 1.165) is 43.7 Å². The maximum absolute atomic E-state index is 12.5. The highest BCUT2D eigenvalue weighted by atomic mass is 16.2. The van der Waals surface area contributed by atoms with Crippen LogP contribution in [0.3, 0.4) is 0 Å². The van der Waals surface area contributed by atoms with Crippen molar-refractivity contribution in [3.63, 3.8) is 0 Å². The lowest BCUT2D eigenvalue weighted by Gasteiger charge is -2.23. The molecule has 0 unspecified atom stereocenters. The van der Waals surface area contributed by atoms with Gasteiger partial charge in [-0.3, -0.25) is 19.3 Å². The number of carbonyl (C=O) groups excluding carboxylic acids is 4. The maximum atomic E-state index is 12.5. The van der Waals surface area contributed by atoms with Crippen molar-refractivity contribution in [3.05, 3.63) is 0 Å². The average molecular weight is 366 g/mol. The molecule has 0 saturated carbocycles. The summed E-state index contributed by atoms with van der Waals surface area (Å²) in [7, 11) is 0. The van der Waals surface area contributed by atoms with Crippen molar-refractivity contribution in [2.45, 2.75) is 64.3 Å². The predicted molar refractivity (Wildman–Crippen MR) is 96.2 cm³/mol. The molecule has 2 saturated heterocycles. The van der Waals surface area contributed by atoms with Crippen molar-refractivity contribution >= 4 is 23.8 Å². The monoisotopic (exact) mass is 366 g/mol. The van der Waals surface area contributed by atoms with Gasteiger partial charge in [0.25, 0.3) is 5.91 Å². The van der Waals surface area contributed by atoms with Gasteiger partial charge < -0.3 is 15.5 Å². The summed E-state index contributed by atoms with van der Waals surface area (Å²) in [5.74, 6) is -0.748. The van der Waals surface area contributed by atoms with Crippen LogP contribution in [0.2, 0.25) is 0 Å². The molecular weight excluding hydrogens is 336 g/mol. The van der Waals surface area contributed by atoms with Gasteiger partial charge in [-0.2, -0.15) is 0 Å². The Morgan fingerprint density at radius 3 is 2.23 bits per heavy atom. The van der Waals surface area contributed by atoms with Crippen LogP contribution < -0.4 is 10.6 Å². The summed E-state index contributed by atoms with van der Waals surface area (Å²) < 4.78 is 0. The van der Waals surface area contributed by atoms with Gasteiger partial charge in [-0.25, -0.2) is 4.79 Å². The molecular formula is C18H30N4O4. The lowest BCUT2D eigenvalue weighted by molar-refractivity contribution is -0.135. The highest BCUT2D eigenvalue weighted by Crippen LogP contribution is 2.24. The largest absolute Gasteiger partial charge is 0.354 e. The highest BCUT2D eigenvalue weighted by molar-refractivity contribution is 6.09. The van der Waals surface area contributed by atoms with Gasteiger partial charge in [0, 0.05) is 26.1 Å². The van der Waals surface area contributed by atoms with Crippen molar-refractivity contribution in [2.24, 2.45) is 0 Å². The molecule has 0 aliphatic carbocycles. The molecule has 0 spiro atoms. The highest BCUT2D eigenvalue weighted by Gasteiger charge is 2.49. The van der Waals surface area contributed by atoms with E-state index >= 15 is 0 Å². The number of amides is 5. The number of likely N-dealkylation sites (tertiary alicyclic amines) is 1. The second kappa shape index (κ2) is 9.00. The van der Waals surface area contributed by atoms with E-state index in [1.54, 1.807) is 0 Å². The van der Waals surface area contributed by atoms with E-state index in [1.165, 1.54) is 0 Å². The number of nitrogens with zero attached hydrogens (tertiary/aromatic N) is 2. The molecule has 0 bridgehead atoms. The minimum absolute atomic E-state index is 0.0400. The Morgan fingerprint density at radius 2 is 1.69 bits per heavy atom. The van der Waals surface area contributed by atoms with Crippen molar-refractivity contribution in [1.82, 2.24) is 20.4 Å². The first-order valence-electron chi connectivity index (χ1n) is 9.62. The summed E-state index contributed by atoms with van der Waals surface area (Å²) >= 11 is 0. The summed E-state index contributed by atoms with van der Waals surface area (Å²) in [6, 6.07) is -0.533. The van der Waals surface area contributed by atoms with Crippen LogP contribution in [-0.4, -0.2) is 65.3 Å². The summed E-state index contributed by atoms with van der Waals surface area (Å²) in [5, 5.41) is 5.33. The van der Waals surface area contributed by atoms with Gasteiger partial charge in [-0.15, -0.1) is 0 Å². The fourth-order valence-corrected chi connectivity index (χ4v) is 3.54. The van der Waals surface area contributed by atoms with Crippen molar-refractivity contribution in [3.8, 4) is 0 Å². The molecule has 0 aromatic carbocycles. The Labute approximate surface area is 154 Å². The van der Waals surface area contributed by atoms with E-state index in [2.05, 4.69) is 10.6 Å². The predicted octanol–water partition coefficient (Wildman–Crippen LogP) is 1.01. The van der Waals surface area contributed by atoms with Crippen molar-refractivity contribution in [2.75, 3.05) is 26.2 Å². The van der Waals surface area contributed by atoms with Crippen LogP contribution in [0.4, 0.5) is 4.79 Å². The molecule has 0 aromatic heterocycles. The molecule has 2 heterocycles. The lowest BCUT2D eigenvalue weighted by Crippen LogP contribution is -2.46. The summed E-state index contributed by atoms with van der Waals surface area (Å²) in [6.45, 7) is 5.13. The molecule has 0 atom stereocenters. The van der Waals surface area contributed by atoms with E-state index in [1.807, 2.05) is 18.7 Å². The number of imide groups is 1. The molecule has 8 nitrogen and oxygen atoms in total. The molecule has 0 aromatic rings. The number of hydrogen-bond donors (Lipinski definition) is 2. The minimum Gasteiger partial charge on any atom is -0.354 e. The van der Waals surface area contributed by atoms with Crippen LogP contribution in [0.15, 0.2) is 0 Å². The molecule has 2 aliphatic heterocycles. The van der Waals surface area contributed by atoms with Crippen LogP contribution >= 0.6 is 0 Å². The van der Waals surface area contributed by atoms with E-state index in [9.17, 15) is 19.2 Å². The van der Waals surface area contributed by atoms with Gasteiger partial charge in [0.1, 0.15) is 12.1 Å². The number of carbonyl (C=O) groups is 4. The van der Waals surface area contributed by atoms with Gasteiger partial charge >= 0.3 is 6.03 Å². The second-order valence-corrected chi connectivity index (χ2v) is 7.01. The number of nitrogens with one attached hydrogen (secondary N) is 2. The number of rotatable bonds is 7. The Kier molecular flexibility index (Phi) is 6.99. The van der Waals surface area contributed by atoms with Gasteiger partial charge in [-0.05, 0) is 25.7 Å². The van der Waals surface area contributed by atoms with Gasteiger partial charge in [-0.1, -0.05) is 26.7 Å². The van der Waals surface area contributed by atoms with Gasteiger partial charge in [0.05, 0.1) is 0 Å². The molecule has 2 aliphatic rings. The smallest absolute Gasteiger partial charge is 0.325 e. The third-order valence-corrected chi connectivity index (χ3v) is 5.37. The zero-order chi connectivity index (χ0) is 19.2. The zero-order valence-corrected chi connectivity index (χ0v) is 15.8.